The lowest BCUT2D eigenvalue weighted by atomic mass is 9.84. The maximum Gasteiger partial charge on any atom is 0.320 e. The number of benzene rings is 1. The molecule has 4 rings (SSSR count). The van der Waals surface area contributed by atoms with E-state index in [1.54, 1.807) is 0 Å². The van der Waals surface area contributed by atoms with E-state index in [0.29, 0.717) is 18.5 Å². The molecule has 156 valence electrons. The van der Waals surface area contributed by atoms with Crippen LogP contribution in [0.4, 0.5) is 0 Å². The van der Waals surface area contributed by atoms with Crippen LogP contribution in [0.25, 0.3) is 0 Å². The van der Waals surface area contributed by atoms with Gasteiger partial charge in [0.25, 0.3) is 0 Å². The molecule has 2 aliphatic rings. The van der Waals surface area contributed by atoms with Crippen molar-refractivity contribution < 1.29 is 9.90 Å². The number of nitrogens with zero attached hydrogens (tertiary/aromatic N) is 3. The number of likely N-dealkylation sites (tertiary alicyclic amines) is 1. The van der Waals surface area contributed by atoms with Crippen molar-refractivity contribution in [2.24, 2.45) is 5.92 Å². The van der Waals surface area contributed by atoms with Crippen molar-refractivity contribution in [3.63, 3.8) is 0 Å². The number of aliphatic carboxylic acids is 1. The summed E-state index contributed by atoms with van der Waals surface area (Å²) < 4.78 is 2.02. The first kappa shape index (κ1) is 20.1. The van der Waals surface area contributed by atoms with Gasteiger partial charge in [-0.3, -0.25) is 14.4 Å². The zero-order valence-corrected chi connectivity index (χ0v) is 17.8. The van der Waals surface area contributed by atoms with Gasteiger partial charge in [-0.2, -0.15) is 5.10 Å². The largest absolute Gasteiger partial charge is 0.480 e. The van der Waals surface area contributed by atoms with Crippen LogP contribution in [0, 0.1) is 5.92 Å². The van der Waals surface area contributed by atoms with Gasteiger partial charge in [0.15, 0.2) is 0 Å². The molecule has 29 heavy (non-hydrogen) atoms. The van der Waals surface area contributed by atoms with Gasteiger partial charge in [-0.1, -0.05) is 63.9 Å². The van der Waals surface area contributed by atoms with E-state index in [2.05, 4.69) is 56.1 Å². The van der Waals surface area contributed by atoms with E-state index in [9.17, 15) is 9.90 Å². The third-order valence-electron chi connectivity index (χ3n) is 6.59. The minimum atomic E-state index is -0.673. The lowest BCUT2D eigenvalue weighted by Gasteiger charge is -2.33. The molecule has 1 N–H and O–H groups in total. The molecule has 1 saturated heterocycles. The Morgan fingerprint density at radius 3 is 2.55 bits per heavy atom. The van der Waals surface area contributed by atoms with E-state index in [-0.39, 0.29) is 11.5 Å². The molecular weight excluding hydrogens is 362 g/mol. The zero-order chi connectivity index (χ0) is 20.6. The van der Waals surface area contributed by atoms with E-state index in [0.717, 1.165) is 25.1 Å². The van der Waals surface area contributed by atoms with Gasteiger partial charge in [-0.15, -0.1) is 0 Å². The van der Waals surface area contributed by atoms with Crippen molar-refractivity contribution in [1.29, 1.82) is 0 Å². The second-order valence-corrected chi connectivity index (χ2v) is 9.81. The standard InChI is InChI=1S/C24H33N3O2/c1-24(2,3)22-19(15-26(25-22)14-17-9-5-4-6-10-17)16-27-20-12-8-7-11-18(20)13-21(27)23(28)29/h4-6,9-10,15,18,20-21H,7-8,11-14,16H2,1-3H3,(H,28,29). The number of hydrogen-bond acceptors (Lipinski definition) is 3. The molecule has 3 unspecified atom stereocenters. The maximum absolute atomic E-state index is 12.0. The predicted octanol–water partition coefficient (Wildman–Crippen LogP) is 4.45. The fourth-order valence-corrected chi connectivity index (χ4v) is 5.28. The quantitative estimate of drug-likeness (QED) is 0.813. The predicted molar refractivity (Wildman–Crippen MR) is 114 cm³/mol. The first-order valence-electron chi connectivity index (χ1n) is 10.9. The number of carboxylic acid groups (broad SMARTS) is 1. The minimum absolute atomic E-state index is 0.0817. The van der Waals surface area contributed by atoms with Crippen molar-refractivity contribution in [3.8, 4) is 0 Å². The van der Waals surface area contributed by atoms with Crippen molar-refractivity contribution in [2.75, 3.05) is 0 Å². The van der Waals surface area contributed by atoms with Crippen molar-refractivity contribution in [2.45, 2.75) is 83.5 Å². The van der Waals surface area contributed by atoms with Gasteiger partial charge >= 0.3 is 5.97 Å². The van der Waals surface area contributed by atoms with Gasteiger partial charge in [0.2, 0.25) is 0 Å². The molecule has 3 atom stereocenters. The summed E-state index contributed by atoms with van der Waals surface area (Å²) in [5, 5.41) is 14.8. The Labute approximate surface area is 173 Å². The van der Waals surface area contributed by atoms with Crippen LogP contribution in [0.1, 0.15) is 69.7 Å². The Bertz CT molecular complexity index is 853. The summed E-state index contributed by atoms with van der Waals surface area (Å²) in [5.74, 6) is -0.143. The second kappa shape index (κ2) is 7.94. The van der Waals surface area contributed by atoms with Crippen LogP contribution in [0.5, 0.6) is 0 Å². The average Bonchev–Trinajstić information content (AvgIpc) is 3.25. The van der Waals surface area contributed by atoms with E-state index < -0.39 is 5.97 Å². The molecule has 0 amide bonds. The highest BCUT2D eigenvalue weighted by Crippen LogP contribution is 2.41. The van der Waals surface area contributed by atoms with E-state index in [1.165, 1.54) is 30.4 Å². The number of carboxylic acids is 1. The normalized spacial score (nSPS) is 25.1. The maximum atomic E-state index is 12.0. The summed E-state index contributed by atoms with van der Waals surface area (Å²) in [6.07, 6.45) is 7.68. The molecule has 5 nitrogen and oxygen atoms in total. The average molecular weight is 396 g/mol. The molecule has 1 aromatic heterocycles. The van der Waals surface area contributed by atoms with Crippen LogP contribution < -0.4 is 0 Å². The first-order chi connectivity index (χ1) is 13.8. The molecule has 0 radical (unpaired) electrons. The summed E-state index contributed by atoms with van der Waals surface area (Å²) in [6, 6.07) is 10.4. The number of hydrogen-bond donors (Lipinski definition) is 1. The lowest BCUT2D eigenvalue weighted by molar-refractivity contribution is -0.142. The molecule has 5 heteroatoms. The van der Waals surface area contributed by atoms with Gasteiger partial charge < -0.3 is 5.11 Å². The van der Waals surface area contributed by atoms with E-state index in [1.807, 2.05) is 10.7 Å². The van der Waals surface area contributed by atoms with Gasteiger partial charge in [0, 0.05) is 29.8 Å². The molecule has 1 aromatic carbocycles. The molecule has 2 fully saturated rings. The molecular formula is C24H33N3O2. The highest BCUT2D eigenvalue weighted by molar-refractivity contribution is 5.74. The van der Waals surface area contributed by atoms with Crippen molar-refractivity contribution >= 4 is 5.97 Å². The SMILES string of the molecule is CC(C)(C)c1nn(Cc2ccccc2)cc1CN1C(C(=O)O)CC2CCCCC21. The van der Waals surface area contributed by atoms with Crippen molar-refractivity contribution in [1.82, 2.24) is 14.7 Å². The molecule has 1 aliphatic carbocycles. The first-order valence-corrected chi connectivity index (χ1v) is 10.9. The van der Waals surface area contributed by atoms with Crippen LogP contribution in [-0.2, 0) is 23.3 Å². The highest BCUT2D eigenvalue weighted by atomic mass is 16.4. The minimum Gasteiger partial charge on any atom is -0.480 e. The zero-order valence-electron chi connectivity index (χ0n) is 17.8. The molecule has 1 aliphatic heterocycles. The van der Waals surface area contributed by atoms with Gasteiger partial charge in [-0.25, -0.2) is 0 Å². The summed E-state index contributed by atoms with van der Waals surface area (Å²) in [5.41, 5.74) is 3.39. The van der Waals surface area contributed by atoms with Crippen LogP contribution in [0.15, 0.2) is 36.5 Å². The Kier molecular flexibility index (Phi) is 5.52. The Hall–Kier alpha value is -2.14. The number of rotatable bonds is 5. The van der Waals surface area contributed by atoms with Crippen LogP contribution in [0.3, 0.4) is 0 Å². The summed E-state index contributed by atoms with van der Waals surface area (Å²) >= 11 is 0. The third-order valence-corrected chi connectivity index (χ3v) is 6.59. The van der Waals surface area contributed by atoms with Crippen LogP contribution in [0.2, 0.25) is 0 Å². The lowest BCUT2D eigenvalue weighted by Crippen LogP contribution is -2.42. The molecule has 0 bridgehead atoms. The van der Waals surface area contributed by atoms with Crippen LogP contribution >= 0.6 is 0 Å². The fraction of sp³-hybridized carbons (Fsp3) is 0.583. The van der Waals surface area contributed by atoms with Gasteiger partial charge in [0.1, 0.15) is 6.04 Å². The second-order valence-electron chi connectivity index (χ2n) is 9.81. The molecule has 0 spiro atoms. The van der Waals surface area contributed by atoms with Crippen LogP contribution in [-0.4, -0.2) is 37.8 Å². The summed E-state index contributed by atoms with van der Waals surface area (Å²) in [4.78, 5) is 14.3. The van der Waals surface area contributed by atoms with Gasteiger partial charge in [0.05, 0.1) is 12.2 Å². The summed E-state index contributed by atoms with van der Waals surface area (Å²) in [6.45, 7) is 7.98. The Morgan fingerprint density at radius 2 is 1.86 bits per heavy atom. The Balaban J connectivity index is 1.63. The van der Waals surface area contributed by atoms with E-state index >= 15 is 0 Å². The topological polar surface area (TPSA) is 58.4 Å². The molecule has 1 saturated carbocycles. The third kappa shape index (κ3) is 4.25. The smallest absolute Gasteiger partial charge is 0.320 e. The van der Waals surface area contributed by atoms with E-state index in [4.69, 9.17) is 5.10 Å². The molecule has 2 aromatic rings. The van der Waals surface area contributed by atoms with Gasteiger partial charge in [-0.05, 0) is 30.7 Å². The fourth-order valence-electron chi connectivity index (χ4n) is 5.28. The number of fused-ring (bicyclic) bond motifs is 1. The molecule has 2 heterocycles. The monoisotopic (exact) mass is 395 g/mol. The van der Waals surface area contributed by atoms with Crippen molar-refractivity contribution in [3.05, 3.63) is 53.3 Å². The summed E-state index contributed by atoms with van der Waals surface area (Å²) in [7, 11) is 0. The number of carbonyl (C=O) groups is 1. The Morgan fingerprint density at radius 1 is 1.14 bits per heavy atom. The number of aromatic nitrogens is 2. The highest BCUT2D eigenvalue weighted by Gasteiger charge is 2.45.